The van der Waals surface area contributed by atoms with Crippen LogP contribution < -0.4 is 5.32 Å². The van der Waals surface area contributed by atoms with Crippen LogP contribution in [0.4, 0.5) is 0 Å². The molecule has 4 nitrogen and oxygen atoms in total. The Balaban J connectivity index is 3.06. The normalized spacial score (nSPS) is 12.5. The third kappa shape index (κ3) is 4.54. The van der Waals surface area contributed by atoms with E-state index in [-0.39, 0.29) is 10.8 Å². The SMILES string of the molecule is CC(C)CNC(=O)c1cccc(S(=O)(=O)C(Br)(Br)Br)c1. The Kier molecular flexibility index (Phi) is 6.25. The predicted octanol–water partition coefficient (Wildman–Crippen LogP) is 3.64. The van der Waals surface area contributed by atoms with E-state index in [4.69, 9.17) is 0 Å². The van der Waals surface area contributed by atoms with Gasteiger partial charge in [0.15, 0.2) is 0 Å². The zero-order valence-corrected chi connectivity index (χ0v) is 16.4. The lowest BCUT2D eigenvalue weighted by molar-refractivity contribution is 0.0949. The number of hydrogen-bond donors (Lipinski definition) is 1. The minimum atomic E-state index is -3.69. The highest BCUT2D eigenvalue weighted by Crippen LogP contribution is 2.43. The van der Waals surface area contributed by atoms with Gasteiger partial charge < -0.3 is 5.32 Å². The van der Waals surface area contributed by atoms with Crippen molar-refractivity contribution in [3.8, 4) is 0 Å². The second-order valence-corrected chi connectivity index (χ2v) is 15.0. The topological polar surface area (TPSA) is 63.2 Å². The molecule has 8 heteroatoms. The summed E-state index contributed by atoms with van der Waals surface area (Å²) in [5.74, 6) is 0.0335. The molecule has 0 aliphatic rings. The molecule has 112 valence electrons. The Morgan fingerprint density at radius 2 is 1.90 bits per heavy atom. The molecule has 0 saturated heterocycles. The van der Waals surface area contributed by atoms with E-state index in [2.05, 4.69) is 53.1 Å². The van der Waals surface area contributed by atoms with E-state index in [9.17, 15) is 13.2 Å². The third-order valence-electron chi connectivity index (χ3n) is 2.38. The predicted molar refractivity (Wildman–Crippen MR) is 90.3 cm³/mol. The fourth-order valence-corrected chi connectivity index (χ4v) is 3.83. The molecule has 1 aromatic rings. The zero-order valence-electron chi connectivity index (χ0n) is 10.9. The number of halogens is 3. The second-order valence-electron chi connectivity index (χ2n) is 4.58. The standard InChI is InChI=1S/C12H14Br3NO3S/c1-8(2)7-16-11(17)9-4-3-5-10(6-9)20(18,19)12(13,14)15/h3-6,8H,7H2,1-2H3,(H,16,17). The van der Waals surface area contributed by atoms with Gasteiger partial charge in [0, 0.05) is 12.1 Å². The quantitative estimate of drug-likeness (QED) is 0.654. The van der Waals surface area contributed by atoms with E-state index in [0.717, 1.165) is 0 Å². The number of amides is 1. The van der Waals surface area contributed by atoms with Crippen molar-refractivity contribution in [3.05, 3.63) is 29.8 Å². The van der Waals surface area contributed by atoms with Crippen LogP contribution in [-0.2, 0) is 9.84 Å². The highest BCUT2D eigenvalue weighted by atomic mass is 80.0. The van der Waals surface area contributed by atoms with Gasteiger partial charge >= 0.3 is 0 Å². The van der Waals surface area contributed by atoms with Crippen molar-refractivity contribution in [2.45, 2.75) is 20.2 Å². The molecule has 0 radical (unpaired) electrons. The molecule has 20 heavy (non-hydrogen) atoms. The van der Waals surface area contributed by atoms with E-state index in [0.29, 0.717) is 18.0 Å². The third-order valence-corrected chi connectivity index (χ3v) is 7.70. The van der Waals surface area contributed by atoms with E-state index >= 15 is 0 Å². The zero-order chi connectivity index (χ0) is 15.6. The van der Waals surface area contributed by atoms with Crippen LogP contribution >= 0.6 is 47.8 Å². The molecular weight excluding hydrogens is 478 g/mol. The number of sulfone groups is 1. The smallest absolute Gasteiger partial charge is 0.251 e. The number of hydrogen-bond acceptors (Lipinski definition) is 3. The van der Waals surface area contributed by atoms with Crippen LogP contribution in [0, 0.1) is 5.92 Å². The summed E-state index contributed by atoms with van der Waals surface area (Å²) in [4.78, 5) is 12.0. The monoisotopic (exact) mass is 489 g/mol. The Labute approximate surface area is 144 Å². The molecule has 0 unspecified atom stereocenters. The summed E-state index contributed by atoms with van der Waals surface area (Å²) in [6.07, 6.45) is 0. The van der Waals surface area contributed by atoms with E-state index in [1.165, 1.54) is 18.2 Å². The lowest BCUT2D eigenvalue weighted by Gasteiger charge is -2.14. The van der Waals surface area contributed by atoms with Crippen LogP contribution in [0.15, 0.2) is 29.2 Å². The van der Waals surface area contributed by atoms with Gasteiger partial charge in [0.1, 0.15) is 0 Å². The number of alkyl halides is 3. The maximum atomic E-state index is 12.2. The first kappa shape index (κ1) is 18.1. The lowest BCUT2D eigenvalue weighted by Crippen LogP contribution is -2.27. The van der Waals surface area contributed by atoms with Gasteiger partial charge in [0.2, 0.25) is 11.3 Å². The summed E-state index contributed by atoms with van der Waals surface area (Å²) in [7, 11) is -3.69. The minimum absolute atomic E-state index is 0.0420. The van der Waals surface area contributed by atoms with Gasteiger partial charge in [-0.05, 0) is 71.9 Å². The number of rotatable bonds is 4. The molecule has 0 bridgehead atoms. The molecule has 1 amide bonds. The summed E-state index contributed by atoms with van der Waals surface area (Å²) < 4.78 is 23.0. The first-order chi connectivity index (χ1) is 9.05. The van der Waals surface area contributed by atoms with Gasteiger partial charge in [-0.1, -0.05) is 19.9 Å². The van der Waals surface area contributed by atoms with Crippen molar-refractivity contribution in [3.63, 3.8) is 0 Å². The Morgan fingerprint density at radius 1 is 1.30 bits per heavy atom. The summed E-state index contributed by atoms with van der Waals surface area (Å²) in [5.41, 5.74) is 0.309. The van der Waals surface area contributed by atoms with Gasteiger partial charge in [-0.25, -0.2) is 8.42 Å². The molecule has 0 heterocycles. The average Bonchev–Trinajstić information content (AvgIpc) is 2.34. The molecule has 0 spiro atoms. The molecule has 1 rings (SSSR count). The number of carbonyl (C=O) groups excluding carboxylic acids is 1. The molecule has 0 fully saturated rings. The van der Waals surface area contributed by atoms with Crippen molar-refractivity contribution in [1.82, 2.24) is 5.32 Å². The summed E-state index contributed by atoms with van der Waals surface area (Å²) in [5, 5.41) is 2.75. The first-order valence-corrected chi connectivity index (χ1v) is 9.61. The first-order valence-electron chi connectivity index (χ1n) is 5.75. The van der Waals surface area contributed by atoms with Crippen molar-refractivity contribution in [2.75, 3.05) is 6.54 Å². The minimum Gasteiger partial charge on any atom is -0.352 e. The van der Waals surface area contributed by atoms with Crippen LogP contribution in [0.5, 0.6) is 0 Å². The second kappa shape index (κ2) is 6.89. The lowest BCUT2D eigenvalue weighted by atomic mass is 10.2. The summed E-state index contributed by atoms with van der Waals surface area (Å²) >= 11 is 8.98. The fourth-order valence-electron chi connectivity index (χ4n) is 1.34. The van der Waals surface area contributed by atoms with E-state index < -0.39 is 11.3 Å². The number of nitrogens with one attached hydrogen (secondary N) is 1. The van der Waals surface area contributed by atoms with Gasteiger partial charge in [-0.3, -0.25) is 4.79 Å². The Morgan fingerprint density at radius 3 is 2.40 bits per heavy atom. The van der Waals surface area contributed by atoms with Crippen molar-refractivity contribution < 1.29 is 13.2 Å². The van der Waals surface area contributed by atoms with Crippen LogP contribution in [0.3, 0.4) is 0 Å². The molecule has 1 aromatic carbocycles. The molecule has 0 aliphatic carbocycles. The van der Waals surface area contributed by atoms with Gasteiger partial charge in [0.05, 0.1) is 4.90 Å². The van der Waals surface area contributed by atoms with Crippen molar-refractivity contribution >= 4 is 63.5 Å². The highest BCUT2D eigenvalue weighted by molar-refractivity contribution is 9.42. The fraction of sp³-hybridized carbons (Fsp3) is 0.417. The number of carbonyl (C=O) groups is 1. The van der Waals surface area contributed by atoms with E-state index in [1.54, 1.807) is 6.07 Å². The Bertz CT molecular complexity index is 594. The van der Waals surface area contributed by atoms with Crippen molar-refractivity contribution in [2.24, 2.45) is 5.92 Å². The van der Waals surface area contributed by atoms with E-state index in [1.807, 2.05) is 13.8 Å². The summed E-state index contributed by atoms with van der Waals surface area (Å²) in [6, 6.07) is 5.90. The molecule has 0 saturated carbocycles. The van der Waals surface area contributed by atoms with Gasteiger partial charge in [0.25, 0.3) is 5.91 Å². The van der Waals surface area contributed by atoms with Gasteiger partial charge in [-0.15, -0.1) is 0 Å². The van der Waals surface area contributed by atoms with Crippen molar-refractivity contribution in [1.29, 1.82) is 0 Å². The largest absolute Gasteiger partial charge is 0.352 e. The van der Waals surface area contributed by atoms with Crippen LogP contribution in [0.2, 0.25) is 0 Å². The molecular formula is C12H14Br3NO3S. The molecule has 0 aliphatic heterocycles. The average molecular weight is 492 g/mol. The molecule has 0 aromatic heterocycles. The maximum absolute atomic E-state index is 12.2. The molecule has 0 atom stereocenters. The Hall–Kier alpha value is 0.0800. The van der Waals surface area contributed by atoms with Crippen LogP contribution in [0.1, 0.15) is 24.2 Å². The summed E-state index contributed by atoms with van der Waals surface area (Å²) in [6.45, 7) is 4.50. The molecule has 1 N–H and O–H groups in total. The van der Waals surface area contributed by atoms with Gasteiger partial charge in [-0.2, -0.15) is 0 Å². The highest BCUT2D eigenvalue weighted by Gasteiger charge is 2.37. The maximum Gasteiger partial charge on any atom is 0.251 e. The number of benzene rings is 1. The van der Waals surface area contributed by atoms with Crippen LogP contribution in [-0.4, -0.2) is 22.3 Å². The van der Waals surface area contributed by atoms with Crippen LogP contribution in [0.25, 0.3) is 0 Å².